The molecule has 1 saturated heterocycles. The van der Waals surface area contributed by atoms with E-state index in [1.54, 1.807) is 11.7 Å². The van der Waals surface area contributed by atoms with Crippen molar-refractivity contribution < 1.29 is 4.79 Å². The third kappa shape index (κ3) is 3.90. The summed E-state index contributed by atoms with van der Waals surface area (Å²) in [7, 11) is 1.84. The Morgan fingerprint density at radius 2 is 2.17 bits per heavy atom. The molecule has 128 valence electrons. The minimum Gasteiger partial charge on any atom is -0.372 e. The lowest BCUT2D eigenvalue weighted by atomic mass is 9.95. The van der Waals surface area contributed by atoms with Crippen LogP contribution < -0.4 is 5.32 Å². The number of hydrogen-bond acceptors (Lipinski definition) is 6. The van der Waals surface area contributed by atoms with E-state index in [4.69, 9.17) is 0 Å². The first kappa shape index (κ1) is 16.8. The van der Waals surface area contributed by atoms with Gasteiger partial charge < -0.3 is 10.2 Å². The SMILES string of the molecule is CNc1cnc(CC2CCCN(C(=O)c3scnc3C)CC2)cn1. The first-order chi connectivity index (χ1) is 11.7. The summed E-state index contributed by atoms with van der Waals surface area (Å²) in [5, 5.41) is 2.98. The second-order valence-electron chi connectivity index (χ2n) is 6.20. The molecule has 7 heteroatoms. The van der Waals surface area contributed by atoms with Gasteiger partial charge in [-0.25, -0.2) is 9.97 Å². The Balaban J connectivity index is 1.58. The summed E-state index contributed by atoms with van der Waals surface area (Å²) < 4.78 is 0. The Bertz CT molecular complexity index is 685. The largest absolute Gasteiger partial charge is 0.372 e. The minimum absolute atomic E-state index is 0.133. The highest BCUT2D eigenvalue weighted by atomic mass is 32.1. The monoisotopic (exact) mass is 345 g/mol. The van der Waals surface area contributed by atoms with Gasteiger partial charge in [-0.05, 0) is 38.5 Å². The zero-order valence-corrected chi connectivity index (χ0v) is 15.0. The first-order valence-corrected chi connectivity index (χ1v) is 9.23. The lowest BCUT2D eigenvalue weighted by Gasteiger charge is -2.20. The molecule has 1 unspecified atom stereocenters. The van der Waals surface area contributed by atoms with E-state index >= 15 is 0 Å². The number of carbonyl (C=O) groups excluding carboxylic acids is 1. The van der Waals surface area contributed by atoms with Gasteiger partial charge in [-0.2, -0.15) is 0 Å². The van der Waals surface area contributed by atoms with Crippen LogP contribution in [0.5, 0.6) is 0 Å². The van der Waals surface area contributed by atoms with Gasteiger partial charge in [0.05, 0.1) is 29.3 Å². The molecule has 0 saturated carbocycles. The molecule has 1 N–H and O–H groups in total. The molecule has 1 amide bonds. The van der Waals surface area contributed by atoms with E-state index in [0.717, 1.165) is 60.9 Å². The zero-order valence-electron chi connectivity index (χ0n) is 14.2. The number of aryl methyl sites for hydroxylation is 1. The molecule has 0 bridgehead atoms. The molecule has 2 aromatic heterocycles. The van der Waals surface area contributed by atoms with Crippen LogP contribution in [0.2, 0.25) is 0 Å². The lowest BCUT2D eigenvalue weighted by molar-refractivity contribution is 0.0764. The molecule has 3 heterocycles. The van der Waals surface area contributed by atoms with E-state index in [2.05, 4.69) is 20.3 Å². The van der Waals surface area contributed by atoms with E-state index in [9.17, 15) is 4.79 Å². The fourth-order valence-corrected chi connectivity index (χ4v) is 3.88. The number of nitrogens with one attached hydrogen (secondary N) is 1. The number of likely N-dealkylation sites (tertiary alicyclic amines) is 1. The molecule has 24 heavy (non-hydrogen) atoms. The molecule has 0 radical (unpaired) electrons. The standard InChI is InChI=1S/C17H23N5OS/c1-12-16(24-11-21-12)17(23)22-6-3-4-13(5-7-22)8-14-9-20-15(18-2)10-19-14/h9-11,13H,3-8H2,1-2H3,(H,18,20). The second kappa shape index (κ2) is 7.70. The van der Waals surface area contributed by atoms with E-state index in [0.29, 0.717) is 5.92 Å². The molecule has 0 spiro atoms. The van der Waals surface area contributed by atoms with Crippen molar-refractivity contribution in [2.24, 2.45) is 5.92 Å². The molecular weight excluding hydrogens is 322 g/mol. The Kier molecular flexibility index (Phi) is 5.40. The maximum absolute atomic E-state index is 12.6. The maximum atomic E-state index is 12.6. The number of carbonyl (C=O) groups is 1. The number of aromatic nitrogens is 3. The van der Waals surface area contributed by atoms with Crippen molar-refractivity contribution in [1.82, 2.24) is 19.9 Å². The van der Waals surface area contributed by atoms with Gasteiger partial charge in [0.15, 0.2) is 0 Å². The molecule has 1 aliphatic rings. The molecular formula is C17H23N5OS. The molecule has 3 rings (SSSR count). The summed E-state index contributed by atoms with van der Waals surface area (Å²) >= 11 is 1.44. The number of amides is 1. The summed E-state index contributed by atoms with van der Waals surface area (Å²) in [6.45, 7) is 3.54. The molecule has 1 fully saturated rings. The van der Waals surface area contributed by atoms with Crippen LogP contribution >= 0.6 is 11.3 Å². The Morgan fingerprint density at radius 3 is 2.83 bits per heavy atom. The summed E-state index contributed by atoms with van der Waals surface area (Å²) in [6, 6.07) is 0. The minimum atomic E-state index is 0.133. The highest BCUT2D eigenvalue weighted by molar-refractivity contribution is 7.11. The molecule has 1 aliphatic heterocycles. The first-order valence-electron chi connectivity index (χ1n) is 8.35. The number of thiazole rings is 1. The summed E-state index contributed by atoms with van der Waals surface area (Å²) in [6.07, 6.45) is 7.73. The van der Waals surface area contributed by atoms with Gasteiger partial charge in [0, 0.05) is 20.1 Å². The molecule has 6 nitrogen and oxygen atoms in total. The van der Waals surface area contributed by atoms with Gasteiger partial charge in [0.2, 0.25) is 0 Å². The summed E-state index contributed by atoms with van der Waals surface area (Å²) in [5.74, 6) is 1.48. The molecule has 2 aromatic rings. The predicted molar refractivity (Wildman–Crippen MR) is 95.4 cm³/mol. The van der Waals surface area contributed by atoms with Crippen LogP contribution in [-0.4, -0.2) is 45.9 Å². The average Bonchev–Trinajstić information content (AvgIpc) is 2.89. The van der Waals surface area contributed by atoms with E-state index < -0.39 is 0 Å². The third-order valence-corrected chi connectivity index (χ3v) is 5.45. The van der Waals surface area contributed by atoms with Crippen LogP contribution in [0.4, 0.5) is 5.82 Å². The highest BCUT2D eigenvalue weighted by Gasteiger charge is 2.24. The number of anilines is 1. The van der Waals surface area contributed by atoms with Crippen molar-refractivity contribution in [2.75, 3.05) is 25.5 Å². The van der Waals surface area contributed by atoms with Crippen molar-refractivity contribution in [3.8, 4) is 0 Å². The van der Waals surface area contributed by atoms with Crippen LogP contribution in [0.3, 0.4) is 0 Å². The van der Waals surface area contributed by atoms with Crippen molar-refractivity contribution in [1.29, 1.82) is 0 Å². The predicted octanol–water partition coefficient (Wildman–Crippen LogP) is 2.77. The third-order valence-electron chi connectivity index (χ3n) is 4.53. The van der Waals surface area contributed by atoms with Crippen molar-refractivity contribution in [3.63, 3.8) is 0 Å². The lowest BCUT2D eigenvalue weighted by Crippen LogP contribution is -2.32. The Hall–Kier alpha value is -2.02. The Labute approximate surface area is 146 Å². The second-order valence-corrected chi connectivity index (χ2v) is 7.06. The van der Waals surface area contributed by atoms with Gasteiger partial charge >= 0.3 is 0 Å². The number of nitrogens with zero attached hydrogens (tertiary/aromatic N) is 4. The van der Waals surface area contributed by atoms with Crippen molar-refractivity contribution in [3.05, 3.63) is 34.2 Å². The topological polar surface area (TPSA) is 71.0 Å². The number of hydrogen-bond donors (Lipinski definition) is 1. The number of rotatable bonds is 4. The van der Waals surface area contributed by atoms with Crippen LogP contribution in [-0.2, 0) is 6.42 Å². The van der Waals surface area contributed by atoms with Gasteiger partial charge in [0.1, 0.15) is 10.7 Å². The highest BCUT2D eigenvalue weighted by Crippen LogP contribution is 2.23. The fraction of sp³-hybridized carbons (Fsp3) is 0.529. The molecule has 0 aromatic carbocycles. The van der Waals surface area contributed by atoms with Crippen molar-refractivity contribution in [2.45, 2.75) is 32.6 Å². The summed E-state index contributed by atoms with van der Waals surface area (Å²) in [5.41, 5.74) is 3.61. The average molecular weight is 345 g/mol. The van der Waals surface area contributed by atoms with Gasteiger partial charge in [-0.3, -0.25) is 9.78 Å². The smallest absolute Gasteiger partial charge is 0.265 e. The van der Waals surface area contributed by atoms with Gasteiger partial charge in [-0.15, -0.1) is 11.3 Å². The maximum Gasteiger partial charge on any atom is 0.265 e. The zero-order chi connectivity index (χ0) is 16.9. The fourth-order valence-electron chi connectivity index (χ4n) is 3.11. The van der Waals surface area contributed by atoms with E-state index in [1.807, 2.05) is 25.1 Å². The van der Waals surface area contributed by atoms with Gasteiger partial charge in [0.25, 0.3) is 5.91 Å². The quantitative estimate of drug-likeness (QED) is 0.922. The van der Waals surface area contributed by atoms with Gasteiger partial charge in [-0.1, -0.05) is 0 Å². The van der Waals surface area contributed by atoms with Crippen LogP contribution in [0, 0.1) is 12.8 Å². The molecule has 0 aliphatic carbocycles. The summed E-state index contributed by atoms with van der Waals surface area (Å²) in [4.78, 5) is 28.4. The molecule has 1 atom stereocenters. The van der Waals surface area contributed by atoms with E-state index in [-0.39, 0.29) is 5.91 Å². The van der Waals surface area contributed by atoms with Crippen molar-refractivity contribution >= 4 is 23.1 Å². The normalized spacial score (nSPS) is 18.2. The van der Waals surface area contributed by atoms with E-state index in [1.165, 1.54) is 11.3 Å². The van der Waals surface area contributed by atoms with Crippen LogP contribution in [0.15, 0.2) is 17.9 Å². The Morgan fingerprint density at radius 1 is 1.29 bits per heavy atom. The van der Waals surface area contributed by atoms with Crippen LogP contribution in [0.1, 0.15) is 40.3 Å². The van der Waals surface area contributed by atoms with Crippen LogP contribution in [0.25, 0.3) is 0 Å².